The molecule has 0 spiro atoms. The lowest BCUT2D eigenvalue weighted by molar-refractivity contribution is -0.146. The van der Waals surface area contributed by atoms with Gasteiger partial charge in [-0.1, -0.05) is 33.1 Å². The summed E-state index contributed by atoms with van der Waals surface area (Å²) in [5.74, 6) is 1.32. The molecule has 1 unspecified atom stereocenters. The Bertz CT molecular complexity index is 701. The smallest absolute Gasteiger partial charge is 0.340 e. The van der Waals surface area contributed by atoms with Gasteiger partial charge in [0.2, 0.25) is 0 Å². The molecular weight excluding hydrogens is 356 g/mol. The van der Waals surface area contributed by atoms with Gasteiger partial charge in [-0.2, -0.15) is 0 Å². The van der Waals surface area contributed by atoms with Crippen LogP contribution in [-0.4, -0.2) is 35.3 Å². The molecule has 2 aromatic rings. The fourth-order valence-corrected chi connectivity index (χ4v) is 2.49. The molecule has 0 amide bonds. The lowest BCUT2D eigenvalue weighted by Gasteiger charge is -2.12. The fourth-order valence-electron chi connectivity index (χ4n) is 2.49. The molecule has 1 heterocycles. The van der Waals surface area contributed by atoms with Crippen LogP contribution in [0.1, 0.15) is 52.9 Å². The van der Waals surface area contributed by atoms with E-state index in [0.29, 0.717) is 30.5 Å². The Hall–Kier alpha value is -2.47. The summed E-state index contributed by atoms with van der Waals surface area (Å²) in [5, 5.41) is 0. The molecule has 28 heavy (non-hydrogen) atoms. The minimum Gasteiger partial charge on any atom is -0.490 e. The van der Waals surface area contributed by atoms with Gasteiger partial charge >= 0.3 is 5.97 Å². The molecule has 0 aliphatic rings. The van der Waals surface area contributed by atoms with Crippen molar-refractivity contribution in [1.82, 2.24) is 9.97 Å². The summed E-state index contributed by atoms with van der Waals surface area (Å²) in [7, 11) is 0. The predicted molar refractivity (Wildman–Crippen MR) is 108 cm³/mol. The molecule has 0 bridgehead atoms. The van der Waals surface area contributed by atoms with Crippen LogP contribution >= 0.6 is 0 Å². The summed E-state index contributed by atoms with van der Waals surface area (Å²) in [6.07, 6.45) is 8.11. The second kappa shape index (κ2) is 12.1. The van der Waals surface area contributed by atoms with Crippen LogP contribution in [0.3, 0.4) is 0 Å². The Balaban J connectivity index is 1.83. The van der Waals surface area contributed by atoms with Crippen molar-refractivity contribution in [2.75, 3.05) is 13.2 Å². The average Bonchev–Trinajstić information content (AvgIpc) is 2.73. The van der Waals surface area contributed by atoms with E-state index in [0.717, 1.165) is 24.8 Å². The first-order valence-electron chi connectivity index (χ1n) is 10.0. The molecule has 1 atom stereocenters. The summed E-state index contributed by atoms with van der Waals surface area (Å²) in [4.78, 5) is 20.7. The van der Waals surface area contributed by atoms with Gasteiger partial charge in [0.15, 0.2) is 17.7 Å². The normalized spacial score (nSPS) is 11.8. The molecule has 152 valence electrons. The maximum absolute atomic E-state index is 12.1. The lowest BCUT2D eigenvalue weighted by atomic mass is 10.2. The van der Waals surface area contributed by atoms with Gasteiger partial charge in [-0.25, -0.2) is 14.8 Å². The van der Waals surface area contributed by atoms with Gasteiger partial charge in [0, 0.05) is 12.2 Å². The Morgan fingerprint density at radius 1 is 0.929 bits per heavy atom. The second-order valence-corrected chi connectivity index (χ2v) is 6.61. The van der Waals surface area contributed by atoms with E-state index >= 15 is 0 Å². The zero-order chi connectivity index (χ0) is 20.2. The first kappa shape index (κ1) is 21.8. The van der Waals surface area contributed by atoms with Gasteiger partial charge in [-0.15, -0.1) is 0 Å². The van der Waals surface area contributed by atoms with Crippen LogP contribution in [-0.2, 0) is 9.53 Å². The standard InChI is InChI=1S/C22H30N2O4/c1-4-6-7-8-14-26-17(3)22(25)28-19-11-9-18(10-12-19)21-23-15-20(16-24-21)27-13-5-2/h9-12,15-17H,4-8,13-14H2,1-3H3. The van der Waals surface area contributed by atoms with Crippen LogP contribution in [0, 0.1) is 0 Å². The number of carbonyl (C=O) groups excluding carboxylic acids is 1. The number of aromatic nitrogens is 2. The molecule has 0 radical (unpaired) electrons. The first-order chi connectivity index (χ1) is 13.6. The van der Waals surface area contributed by atoms with Crippen LogP contribution in [0.5, 0.6) is 11.5 Å². The molecule has 0 N–H and O–H groups in total. The Kier molecular flexibility index (Phi) is 9.42. The average molecular weight is 386 g/mol. The van der Waals surface area contributed by atoms with Crippen LogP contribution in [0.4, 0.5) is 0 Å². The van der Waals surface area contributed by atoms with E-state index in [1.807, 2.05) is 19.1 Å². The largest absolute Gasteiger partial charge is 0.490 e. The van der Waals surface area contributed by atoms with Crippen molar-refractivity contribution in [3.05, 3.63) is 36.7 Å². The monoisotopic (exact) mass is 386 g/mol. The molecule has 1 aromatic heterocycles. The second-order valence-electron chi connectivity index (χ2n) is 6.61. The molecule has 6 nitrogen and oxygen atoms in total. The number of rotatable bonds is 12. The van der Waals surface area contributed by atoms with Gasteiger partial charge in [-0.3, -0.25) is 0 Å². The van der Waals surface area contributed by atoms with Crippen LogP contribution in [0.15, 0.2) is 36.7 Å². The molecule has 0 saturated carbocycles. The number of carbonyl (C=O) groups is 1. The van der Waals surface area contributed by atoms with Crippen molar-refractivity contribution >= 4 is 5.97 Å². The Morgan fingerprint density at radius 3 is 2.29 bits per heavy atom. The number of hydrogen-bond acceptors (Lipinski definition) is 6. The number of nitrogens with zero attached hydrogens (tertiary/aromatic N) is 2. The quantitative estimate of drug-likeness (QED) is 0.296. The van der Waals surface area contributed by atoms with Gasteiger partial charge in [0.1, 0.15) is 5.75 Å². The van der Waals surface area contributed by atoms with Gasteiger partial charge < -0.3 is 14.2 Å². The number of unbranched alkanes of at least 4 members (excludes halogenated alkanes) is 3. The van der Waals surface area contributed by atoms with Gasteiger partial charge in [-0.05, 0) is 44.0 Å². The molecule has 0 aliphatic carbocycles. The molecule has 0 fully saturated rings. The highest BCUT2D eigenvalue weighted by Gasteiger charge is 2.16. The summed E-state index contributed by atoms with van der Waals surface area (Å²) in [6.45, 7) is 7.14. The fraction of sp³-hybridized carbons (Fsp3) is 0.500. The van der Waals surface area contributed by atoms with Crippen LogP contribution in [0.25, 0.3) is 11.4 Å². The van der Waals surface area contributed by atoms with Crippen molar-refractivity contribution in [3.8, 4) is 22.9 Å². The van der Waals surface area contributed by atoms with E-state index in [-0.39, 0.29) is 0 Å². The highest BCUT2D eigenvalue weighted by atomic mass is 16.6. The zero-order valence-electron chi connectivity index (χ0n) is 17.0. The molecular formula is C22H30N2O4. The van der Waals surface area contributed by atoms with E-state index in [1.54, 1.807) is 31.5 Å². The van der Waals surface area contributed by atoms with Crippen molar-refractivity contribution in [2.45, 2.75) is 59.0 Å². The minimum absolute atomic E-state index is 0.392. The first-order valence-corrected chi connectivity index (χ1v) is 10.0. The number of benzene rings is 1. The minimum atomic E-state index is -0.583. The van der Waals surface area contributed by atoms with E-state index in [9.17, 15) is 4.79 Å². The SMILES string of the molecule is CCCCCCOC(C)C(=O)Oc1ccc(-c2ncc(OCCC)cn2)cc1. The van der Waals surface area contributed by atoms with Crippen LogP contribution < -0.4 is 9.47 Å². The van der Waals surface area contributed by atoms with Crippen LogP contribution in [0.2, 0.25) is 0 Å². The maximum atomic E-state index is 12.1. The number of hydrogen-bond donors (Lipinski definition) is 0. The van der Waals surface area contributed by atoms with Crippen molar-refractivity contribution in [2.24, 2.45) is 0 Å². The predicted octanol–water partition coefficient (Wildman–Crippen LogP) is 4.82. The van der Waals surface area contributed by atoms with E-state index < -0.39 is 12.1 Å². The van der Waals surface area contributed by atoms with Crippen molar-refractivity contribution in [3.63, 3.8) is 0 Å². The van der Waals surface area contributed by atoms with E-state index in [1.165, 1.54) is 12.8 Å². The molecule has 0 aliphatic heterocycles. The molecule has 1 aromatic carbocycles. The van der Waals surface area contributed by atoms with Gasteiger partial charge in [0.25, 0.3) is 0 Å². The number of ether oxygens (including phenoxy) is 3. The summed E-state index contributed by atoms with van der Waals surface area (Å²) >= 11 is 0. The van der Waals surface area contributed by atoms with Gasteiger partial charge in [0.05, 0.1) is 19.0 Å². The molecule has 2 rings (SSSR count). The summed E-state index contributed by atoms with van der Waals surface area (Å²) in [6, 6.07) is 7.10. The Morgan fingerprint density at radius 2 is 1.64 bits per heavy atom. The highest BCUT2D eigenvalue weighted by Crippen LogP contribution is 2.21. The zero-order valence-corrected chi connectivity index (χ0v) is 17.0. The highest BCUT2D eigenvalue weighted by molar-refractivity contribution is 5.77. The maximum Gasteiger partial charge on any atom is 0.340 e. The van der Waals surface area contributed by atoms with Crippen molar-refractivity contribution in [1.29, 1.82) is 0 Å². The molecule has 0 saturated heterocycles. The van der Waals surface area contributed by atoms with E-state index in [4.69, 9.17) is 14.2 Å². The summed E-state index contributed by atoms with van der Waals surface area (Å²) < 4.78 is 16.4. The lowest BCUT2D eigenvalue weighted by Crippen LogP contribution is -2.26. The topological polar surface area (TPSA) is 70.5 Å². The summed E-state index contributed by atoms with van der Waals surface area (Å²) in [5.41, 5.74) is 0.835. The third kappa shape index (κ3) is 7.27. The van der Waals surface area contributed by atoms with E-state index in [2.05, 4.69) is 16.9 Å². The number of esters is 1. The Labute approximate surface area is 167 Å². The third-order valence-electron chi connectivity index (χ3n) is 4.13. The molecule has 6 heteroatoms. The third-order valence-corrected chi connectivity index (χ3v) is 4.13. The van der Waals surface area contributed by atoms with Crippen molar-refractivity contribution < 1.29 is 19.0 Å².